The third kappa shape index (κ3) is 2.01. The second-order valence-corrected chi connectivity index (χ2v) is 7.09. The highest BCUT2D eigenvalue weighted by molar-refractivity contribution is 6.31. The molecule has 0 aromatic heterocycles. The van der Waals surface area contributed by atoms with Gasteiger partial charge >= 0.3 is 0 Å². The molecule has 26 heavy (non-hydrogen) atoms. The highest BCUT2D eigenvalue weighted by Crippen LogP contribution is 2.50. The molecular formula is C19H16O7. The first-order valence-corrected chi connectivity index (χ1v) is 8.06. The number of ketones is 2. The second kappa shape index (κ2) is 5.06. The normalized spacial score (nSPS) is 24.0. The molecule has 1 unspecified atom stereocenters. The van der Waals surface area contributed by atoms with E-state index in [0.717, 1.165) is 0 Å². The molecule has 2 aliphatic carbocycles. The summed E-state index contributed by atoms with van der Waals surface area (Å²) in [5.41, 5.74) is -2.54. The topological polar surface area (TPSA) is 135 Å². The van der Waals surface area contributed by atoms with Crippen molar-refractivity contribution in [2.45, 2.75) is 31.5 Å². The predicted octanol–water partition coefficient (Wildman–Crippen LogP) is 1.31. The lowest BCUT2D eigenvalue weighted by Gasteiger charge is -2.35. The molecule has 2 aliphatic rings. The van der Waals surface area contributed by atoms with Gasteiger partial charge in [-0.15, -0.1) is 0 Å². The van der Waals surface area contributed by atoms with Crippen LogP contribution in [0.4, 0.5) is 0 Å². The van der Waals surface area contributed by atoms with Crippen LogP contribution in [0.25, 0.3) is 0 Å². The van der Waals surface area contributed by atoms with Gasteiger partial charge in [-0.25, -0.2) is 0 Å². The Morgan fingerprint density at radius 2 is 1.65 bits per heavy atom. The van der Waals surface area contributed by atoms with Gasteiger partial charge in [-0.2, -0.15) is 0 Å². The Balaban J connectivity index is 2.08. The molecule has 0 spiro atoms. The molecule has 0 heterocycles. The molecule has 0 bridgehead atoms. The molecule has 7 nitrogen and oxygen atoms in total. The van der Waals surface area contributed by atoms with Gasteiger partial charge in [-0.3, -0.25) is 9.59 Å². The number of phenols is 3. The first-order valence-electron chi connectivity index (χ1n) is 8.06. The van der Waals surface area contributed by atoms with Crippen LogP contribution in [0.2, 0.25) is 0 Å². The number of carbonyl (C=O) groups excluding carboxylic acids is 2. The van der Waals surface area contributed by atoms with E-state index in [1.165, 1.54) is 25.1 Å². The minimum Gasteiger partial charge on any atom is -0.507 e. The number of aromatic hydroxyl groups is 3. The summed E-state index contributed by atoms with van der Waals surface area (Å²) in [5.74, 6) is -3.09. The number of aliphatic hydroxyl groups excluding tert-OH is 1. The Hall–Kier alpha value is -2.90. The number of carbonyl (C=O) groups is 2. The van der Waals surface area contributed by atoms with Gasteiger partial charge in [0, 0.05) is 29.5 Å². The van der Waals surface area contributed by atoms with E-state index in [1.807, 2.05) is 0 Å². The first-order chi connectivity index (χ1) is 12.1. The first kappa shape index (κ1) is 16.6. The van der Waals surface area contributed by atoms with Gasteiger partial charge in [0.1, 0.15) is 17.2 Å². The maximum absolute atomic E-state index is 12.9. The van der Waals surface area contributed by atoms with Crippen LogP contribution in [-0.2, 0) is 6.42 Å². The smallest absolute Gasteiger partial charge is 0.202 e. The van der Waals surface area contributed by atoms with Crippen molar-refractivity contribution >= 4 is 11.6 Å². The summed E-state index contributed by atoms with van der Waals surface area (Å²) in [5, 5.41) is 51.9. The average Bonchev–Trinajstić information content (AvgIpc) is 2.54. The van der Waals surface area contributed by atoms with Crippen molar-refractivity contribution in [3.63, 3.8) is 0 Å². The zero-order valence-corrected chi connectivity index (χ0v) is 13.8. The molecule has 0 radical (unpaired) electrons. The molecule has 4 rings (SSSR count). The standard InChI is InChI=1S/C19H16O7/c1-19(26)5-8-12(10(21)6-19)18(25)14-13(16(8)23)15(22)7-3-2-4-9(20)11(7)17(14)24/h2-4,10,20-21,23,25-26H,5-6H2,1H3/t10?,19-/m0/s1. The number of aliphatic hydroxyl groups is 2. The molecule has 0 aliphatic heterocycles. The molecule has 0 saturated heterocycles. The minimum absolute atomic E-state index is 0.0368. The maximum atomic E-state index is 12.9. The Morgan fingerprint density at radius 3 is 2.35 bits per heavy atom. The molecule has 2 aromatic carbocycles. The fraction of sp³-hybridized carbons (Fsp3) is 0.263. The van der Waals surface area contributed by atoms with Gasteiger partial charge in [0.2, 0.25) is 5.78 Å². The summed E-state index contributed by atoms with van der Waals surface area (Å²) >= 11 is 0. The van der Waals surface area contributed by atoms with Crippen molar-refractivity contribution in [3.8, 4) is 17.2 Å². The fourth-order valence-corrected chi connectivity index (χ4v) is 3.97. The van der Waals surface area contributed by atoms with Crippen molar-refractivity contribution in [1.82, 2.24) is 0 Å². The van der Waals surface area contributed by atoms with E-state index in [9.17, 15) is 35.1 Å². The zero-order valence-electron chi connectivity index (χ0n) is 13.8. The summed E-state index contributed by atoms with van der Waals surface area (Å²) in [7, 11) is 0. The van der Waals surface area contributed by atoms with Crippen LogP contribution in [0, 0.1) is 0 Å². The molecule has 0 fully saturated rings. The monoisotopic (exact) mass is 356 g/mol. The van der Waals surface area contributed by atoms with Crippen LogP contribution in [0.1, 0.15) is 62.4 Å². The van der Waals surface area contributed by atoms with Crippen molar-refractivity contribution < 1.29 is 35.1 Å². The summed E-state index contributed by atoms with van der Waals surface area (Å²) in [4.78, 5) is 25.7. The summed E-state index contributed by atoms with van der Waals surface area (Å²) in [6, 6.07) is 3.99. The molecular weight excluding hydrogens is 340 g/mol. The molecule has 0 amide bonds. The molecule has 7 heteroatoms. The maximum Gasteiger partial charge on any atom is 0.202 e. The van der Waals surface area contributed by atoms with Crippen molar-refractivity contribution in [3.05, 3.63) is 51.6 Å². The van der Waals surface area contributed by atoms with Gasteiger partial charge in [-0.05, 0) is 13.0 Å². The van der Waals surface area contributed by atoms with Crippen LogP contribution in [0.3, 0.4) is 0 Å². The number of hydrogen-bond donors (Lipinski definition) is 5. The van der Waals surface area contributed by atoms with E-state index in [2.05, 4.69) is 0 Å². The van der Waals surface area contributed by atoms with E-state index >= 15 is 0 Å². The highest BCUT2D eigenvalue weighted by atomic mass is 16.3. The third-order valence-corrected chi connectivity index (χ3v) is 5.08. The van der Waals surface area contributed by atoms with Crippen LogP contribution < -0.4 is 0 Å². The lowest BCUT2D eigenvalue weighted by atomic mass is 9.73. The van der Waals surface area contributed by atoms with Crippen LogP contribution >= 0.6 is 0 Å². The SMILES string of the molecule is C[C@]1(O)Cc2c(O)c3c(c(O)c2C(O)C1)C(=O)c1c(O)cccc1C3=O. The summed E-state index contributed by atoms with van der Waals surface area (Å²) < 4.78 is 0. The number of fused-ring (bicyclic) bond motifs is 3. The van der Waals surface area contributed by atoms with E-state index in [4.69, 9.17) is 0 Å². The summed E-state index contributed by atoms with van der Waals surface area (Å²) in [6.07, 6.45) is -1.52. The Morgan fingerprint density at radius 1 is 1.00 bits per heavy atom. The molecule has 0 saturated carbocycles. The second-order valence-electron chi connectivity index (χ2n) is 7.09. The van der Waals surface area contributed by atoms with Crippen LogP contribution in [0.15, 0.2) is 18.2 Å². The van der Waals surface area contributed by atoms with E-state index in [-0.39, 0.29) is 40.7 Å². The lowest BCUT2D eigenvalue weighted by molar-refractivity contribution is -0.00904. The Kier molecular flexibility index (Phi) is 3.22. The summed E-state index contributed by atoms with van der Waals surface area (Å²) in [6.45, 7) is 1.47. The molecule has 134 valence electrons. The van der Waals surface area contributed by atoms with Crippen LogP contribution in [-0.4, -0.2) is 42.7 Å². The van der Waals surface area contributed by atoms with Crippen LogP contribution in [0.5, 0.6) is 17.2 Å². The number of phenolic OH excluding ortho intramolecular Hbond substituents is 3. The molecule has 5 N–H and O–H groups in total. The van der Waals surface area contributed by atoms with E-state index < -0.39 is 46.1 Å². The number of rotatable bonds is 0. The number of hydrogen-bond acceptors (Lipinski definition) is 7. The van der Waals surface area contributed by atoms with Gasteiger partial charge in [0.25, 0.3) is 0 Å². The zero-order chi connectivity index (χ0) is 19.0. The Bertz CT molecular complexity index is 1000. The lowest BCUT2D eigenvalue weighted by Crippen LogP contribution is -2.35. The Labute approximate surface area is 147 Å². The van der Waals surface area contributed by atoms with Gasteiger partial charge in [0.15, 0.2) is 5.78 Å². The van der Waals surface area contributed by atoms with Gasteiger partial charge < -0.3 is 25.5 Å². The largest absolute Gasteiger partial charge is 0.507 e. The van der Waals surface area contributed by atoms with Gasteiger partial charge in [0.05, 0.1) is 28.4 Å². The fourth-order valence-electron chi connectivity index (χ4n) is 3.97. The molecule has 2 aromatic rings. The average molecular weight is 356 g/mol. The number of benzene rings is 2. The quantitative estimate of drug-likeness (QED) is 0.383. The minimum atomic E-state index is -1.34. The molecule has 2 atom stereocenters. The van der Waals surface area contributed by atoms with E-state index in [1.54, 1.807) is 0 Å². The third-order valence-electron chi connectivity index (χ3n) is 5.08. The highest BCUT2D eigenvalue weighted by Gasteiger charge is 2.44. The predicted molar refractivity (Wildman–Crippen MR) is 88.6 cm³/mol. The van der Waals surface area contributed by atoms with Crippen molar-refractivity contribution in [2.24, 2.45) is 0 Å². The van der Waals surface area contributed by atoms with Gasteiger partial charge in [-0.1, -0.05) is 12.1 Å². The van der Waals surface area contributed by atoms with Crippen molar-refractivity contribution in [2.75, 3.05) is 0 Å². The van der Waals surface area contributed by atoms with Crippen molar-refractivity contribution in [1.29, 1.82) is 0 Å². The van der Waals surface area contributed by atoms with E-state index in [0.29, 0.717) is 0 Å².